The first-order valence-corrected chi connectivity index (χ1v) is 9.10. The van der Waals surface area contributed by atoms with E-state index in [1.165, 1.54) is 24.3 Å². The largest absolute Gasteiger partial charge is 0.492 e. The highest BCUT2D eigenvalue weighted by atomic mass is 32.2. The first-order valence-electron chi connectivity index (χ1n) is 7.61. The summed E-state index contributed by atoms with van der Waals surface area (Å²) in [6.07, 6.45) is -4.46. The van der Waals surface area contributed by atoms with E-state index in [4.69, 9.17) is 4.74 Å². The van der Waals surface area contributed by atoms with Gasteiger partial charge in [0.15, 0.2) is 0 Å². The van der Waals surface area contributed by atoms with Crippen LogP contribution in [0.2, 0.25) is 0 Å². The molecule has 2 aromatic rings. The Hall–Kier alpha value is -2.50. The molecule has 0 heterocycles. The molecule has 8 heteroatoms. The van der Waals surface area contributed by atoms with E-state index >= 15 is 0 Å². The number of alkyl halides is 3. The number of rotatable bonds is 5. The maximum absolute atomic E-state index is 12.6. The lowest BCUT2D eigenvalue weighted by Gasteiger charge is -2.10. The molecule has 0 aliphatic carbocycles. The Morgan fingerprint density at radius 1 is 1.12 bits per heavy atom. The third kappa shape index (κ3) is 5.25. The molecule has 1 N–H and O–H groups in total. The predicted octanol–water partition coefficient (Wildman–Crippen LogP) is 3.43. The highest BCUT2D eigenvalue weighted by Gasteiger charge is 2.30. The van der Waals surface area contributed by atoms with Gasteiger partial charge in [0.05, 0.1) is 18.7 Å². The summed E-state index contributed by atoms with van der Waals surface area (Å²) in [6.45, 7) is 1.79. The normalized spacial score (nSPS) is 11.5. The molecular formula is C18H16F3NO3S. The molecular weight excluding hydrogens is 367 g/mol. The van der Waals surface area contributed by atoms with E-state index in [2.05, 4.69) is 16.6 Å². The molecule has 0 aliphatic rings. The molecule has 0 radical (unpaired) electrons. The van der Waals surface area contributed by atoms with Crippen LogP contribution in [0.4, 0.5) is 13.2 Å². The van der Waals surface area contributed by atoms with Crippen molar-refractivity contribution in [3.8, 4) is 17.6 Å². The van der Waals surface area contributed by atoms with Crippen LogP contribution in [-0.2, 0) is 16.2 Å². The lowest BCUT2D eigenvalue weighted by atomic mass is 10.1. The zero-order valence-corrected chi connectivity index (χ0v) is 14.6. The van der Waals surface area contributed by atoms with Crippen LogP contribution < -0.4 is 9.46 Å². The topological polar surface area (TPSA) is 55.4 Å². The first kappa shape index (κ1) is 19.8. The Labute approximate surface area is 150 Å². The van der Waals surface area contributed by atoms with Crippen LogP contribution in [0.25, 0.3) is 0 Å². The molecule has 0 aliphatic heterocycles. The molecule has 0 spiro atoms. The summed E-state index contributed by atoms with van der Waals surface area (Å²) in [5, 5.41) is 0. The number of nitrogens with one attached hydrogen (secondary N) is 1. The van der Waals surface area contributed by atoms with Gasteiger partial charge in [0.1, 0.15) is 10.6 Å². The van der Waals surface area contributed by atoms with Gasteiger partial charge < -0.3 is 4.74 Å². The number of benzene rings is 2. The molecule has 0 fully saturated rings. The van der Waals surface area contributed by atoms with Crippen molar-refractivity contribution in [3.63, 3.8) is 0 Å². The van der Waals surface area contributed by atoms with Crippen molar-refractivity contribution in [1.29, 1.82) is 0 Å². The van der Waals surface area contributed by atoms with Crippen molar-refractivity contribution >= 4 is 10.0 Å². The second-order valence-electron chi connectivity index (χ2n) is 5.08. The summed E-state index contributed by atoms with van der Waals surface area (Å²) < 4.78 is 70.1. The lowest BCUT2D eigenvalue weighted by Crippen LogP contribution is -2.24. The number of ether oxygens (including phenoxy) is 1. The summed E-state index contributed by atoms with van der Waals surface area (Å²) in [5.74, 6) is 5.24. The summed E-state index contributed by atoms with van der Waals surface area (Å²) >= 11 is 0. The smallest absolute Gasteiger partial charge is 0.416 e. The Morgan fingerprint density at radius 3 is 2.54 bits per heavy atom. The lowest BCUT2D eigenvalue weighted by molar-refractivity contribution is -0.137. The summed E-state index contributed by atoms with van der Waals surface area (Å²) in [6, 6.07) is 10.7. The zero-order valence-electron chi connectivity index (χ0n) is 13.8. The quantitative estimate of drug-likeness (QED) is 0.805. The highest BCUT2D eigenvalue weighted by molar-refractivity contribution is 7.89. The molecule has 2 aromatic carbocycles. The third-order valence-corrected chi connectivity index (χ3v) is 4.65. The van der Waals surface area contributed by atoms with Crippen LogP contribution in [0, 0.1) is 11.8 Å². The van der Waals surface area contributed by atoms with Crippen molar-refractivity contribution < 1.29 is 26.3 Å². The van der Waals surface area contributed by atoms with Gasteiger partial charge in [-0.2, -0.15) is 17.9 Å². The third-order valence-electron chi connectivity index (χ3n) is 3.21. The Bertz CT molecular complexity index is 928. The molecule has 4 nitrogen and oxygen atoms in total. The van der Waals surface area contributed by atoms with Crippen LogP contribution in [-0.4, -0.2) is 21.6 Å². The van der Waals surface area contributed by atoms with E-state index in [1.807, 2.05) is 0 Å². The van der Waals surface area contributed by atoms with Gasteiger partial charge in [-0.15, -0.1) is 0 Å². The van der Waals surface area contributed by atoms with Crippen LogP contribution in [0.5, 0.6) is 5.75 Å². The van der Waals surface area contributed by atoms with Crippen molar-refractivity contribution in [1.82, 2.24) is 4.72 Å². The first-order chi connectivity index (χ1) is 12.2. The summed E-state index contributed by atoms with van der Waals surface area (Å²) in [4.78, 5) is -0.0253. The maximum atomic E-state index is 12.6. The van der Waals surface area contributed by atoms with E-state index in [0.717, 1.165) is 12.1 Å². The van der Waals surface area contributed by atoms with Gasteiger partial charge in [-0.1, -0.05) is 30.0 Å². The number of para-hydroxylation sites is 1. The van der Waals surface area contributed by atoms with E-state index < -0.39 is 21.8 Å². The SMILES string of the molecule is CCOc1ccccc1S(=O)(=O)NCC#Cc1cccc(C(F)(F)F)c1. The minimum atomic E-state index is -4.46. The monoisotopic (exact) mass is 383 g/mol. The highest BCUT2D eigenvalue weighted by Crippen LogP contribution is 2.29. The van der Waals surface area contributed by atoms with Crippen LogP contribution in [0.3, 0.4) is 0 Å². The molecule has 0 amide bonds. The molecule has 2 rings (SSSR count). The fourth-order valence-electron chi connectivity index (χ4n) is 2.08. The minimum absolute atomic E-state index is 0.0253. The van der Waals surface area contributed by atoms with Gasteiger partial charge >= 0.3 is 6.18 Å². The van der Waals surface area contributed by atoms with Gasteiger partial charge in [0.2, 0.25) is 10.0 Å². The molecule has 0 saturated heterocycles. The molecule has 0 atom stereocenters. The molecule has 0 unspecified atom stereocenters. The number of hydrogen-bond donors (Lipinski definition) is 1. The van der Waals surface area contributed by atoms with Gasteiger partial charge in [0, 0.05) is 5.56 Å². The van der Waals surface area contributed by atoms with Gasteiger partial charge in [-0.3, -0.25) is 0 Å². The Morgan fingerprint density at radius 2 is 1.85 bits per heavy atom. The Balaban J connectivity index is 2.10. The summed E-state index contributed by atoms with van der Waals surface area (Å²) in [5.41, 5.74) is -0.663. The van der Waals surface area contributed by atoms with E-state index in [9.17, 15) is 21.6 Å². The average Bonchev–Trinajstić information content (AvgIpc) is 2.59. The maximum Gasteiger partial charge on any atom is 0.416 e. The van der Waals surface area contributed by atoms with E-state index in [0.29, 0.717) is 6.61 Å². The van der Waals surface area contributed by atoms with E-state index in [-0.39, 0.29) is 22.8 Å². The number of hydrogen-bond acceptors (Lipinski definition) is 3. The van der Waals surface area contributed by atoms with Crippen LogP contribution >= 0.6 is 0 Å². The molecule has 26 heavy (non-hydrogen) atoms. The van der Waals surface area contributed by atoms with Gasteiger partial charge in [-0.25, -0.2) is 8.42 Å². The average molecular weight is 383 g/mol. The zero-order chi connectivity index (χ0) is 19.2. The van der Waals surface area contributed by atoms with Crippen LogP contribution in [0.15, 0.2) is 53.4 Å². The fourth-order valence-corrected chi connectivity index (χ4v) is 3.14. The Kier molecular flexibility index (Phi) is 6.29. The standard InChI is InChI=1S/C18H16F3NO3S/c1-2-25-16-10-3-4-11-17(16)26(23,24)22-12-6-8-14-7-5-9-15(13-14)18(19,20)21/h3-5,7,9-11,13,22H,2,12H2,1H3. The van der Waals surface area contributed by atoms with Crippen molar-refractivity contribution in [2.75, 3.05) is 13.2 Å². The number of halogens is 3. The second kappa shape index (κ2) is 8.25. The van der Waals surface area contributed by atoms with E-state index in [1.54, 1.807) is 19.1 Å². The molecule has 0 bridgehead atoms. The minimum Gasteiger partial charge on any atom is -0.492 e. The summed E-state index contributed by atoms with van der Waals surface area (Å²) in [7, 11) is -3.86. The molecule has 0 aromatic heterocycles. The van der Waals surface area contributed by atoms with Crippen LogP contribution in [0.1, 0.15) is 18.1 Å². The predicted molar refractivity (Wildman–Crippen MR) is 91.1 cm³/mol. The molecule has 138 valence electrons. The van der Waals surface area contributed by atoms with Crippen molar-refractivity contribution in [2.45, 2.75) is 18.0 Å². The molecule has 0 saturated carbocycles. The van der Waals surface area contributed by atoms with Crippen molar-refractivity contribution in [3.05, 3.63) is 59.7 Å². The van der Waals surface area contributed by atoms with Gasteiger partial charge in [-0.05, 0) is 37.3 Å². The second-order valence-corrected chi connectivity index (χ2v) is 6.82. The van der Waals surface area contributed by atoms with Gasteiger partial charge in [0.25, 0.3) is 0 Å². The van der Waals surface area contributed by atoms with Crippen molar-refractivity contribution in [2.24, 2.45) is 0 Å². The fraction of sp³-hybridized carbons (Fsp3) is 0.222. The number of sulfonamides is 1.